The van der Waals surface area contributed by atoms with E-state index in [2.05, 4.69) is 5.32 Å². The quantitative estimate of drug-likeness (QED) is 0.826. The highest BCUT2D eigenvalue weighted by Crippen LogP contribution is 2.25. The molecule has 0 aromatic heterocycles. The van der Waals surface area contributed by atoms with E-state index >= 15 is 0 Å². The molecule has 0 heterocycles. The summed E-state index contributed by atoms with van der Waals surface area (Å²) in [5.74, 6) is -0.0382. The van der Waals surface area contributed by atoms with Crippen LogP contribution in [0.5, 0.6) is 0 Å². The Hall–Kier alpha value is -2.04. The molecule has 1 unspecified atom stereocenters. The van der Waals surface area contributed by atoms with Crippen molar-refractivity contribution in [3.63, 3.8) is 0 Å². The molecule has 0 aliphatic rings. The average Bonchev–Trinajstić information content (AvgIpc) is 2.53. The number of carbonyl (C=O) groups excluding carboxylic acids is 2. The molecule has 0 radical (unpaired) electrons. The summed E-state index contributed by atoms with van der Waals surface area (Å²) in [6, 6.07) is 8.55. The van der Waals surface area contributed by atoms with Gasteiger partial charge in [-0.05, 0) is 31.7 Å². The van der Waals surface area contributed by atoms with Gasteiger partial charge in [-0.1, -0.05) is 51.1 Å². The Bertz CT molecular complexity index is 541. The standard InChI is InChI=1S/C19H30N2O3/c1-7-13-20-17(22)16(15-11-9-8-10-12-15)21(6)18(23)24-19(4,5)14(2)3/h8-12,14,16H,7,13H2,1-6H3,(H,20,22). The Morgan fingerprint density at radius 3 is 2.29 bits per heavy atom. The molecule has 1 atom stereocenters. The van der Waals surface area contributed by atoms with E-state index in [9.17, 15) is 9.59 Å². The van der Waals surface area contributed by atoms with Crippen LogP contribution in [0.4, 0.5) is 4.79 Å². The normalized spacial score (nSPS) is 12.6. The number of rotatable bonds is 7. The van der Waals surface area contributed by atoms with Crippen molar-refractivity contribution < 1.29 is 14.3 Å². The maximum atomic E-state index is 12.6. The highest BCUT2D eigenvalue weighted by molar-refractivity contribution is 5.86. The highest BCUT2D eigenvalue weighted by Gasteiger charge is 2.34. The topological polar surface area (TPSA) is 58.6 Å². The van der Waals surface area contributed by atoms with Crippen LogP contribution in [0, 0.1) is 5.92 Å². The molecule has 1 aromatic carbocycles. The van der Waals surface area contributed by atoms with Crippen LogP contribution in [0.3, 0.4) is 0 Å². The van der Waals surface area contributed by atoms with Gasteiger partial charge in [0.05, 0.1) is 0 Å². The first-order valence-electron chi connectivity index (χ1n) is 8.49. The van der Waals surface area contributed by atoms with E-state index < -0.39 is 17.7 Å². The number of benzene rings is 1. The third-order valence-corrected chi connectivity index (χ3v) is 4.33. The van der Waals surface area contributed by atoms with Crippen LogP contribution in [-0.2, 0) is 9.53 Å². The van der Waals surface area contributed by atoms with Gasteiger partial charge in [-0.25, -0.2) is 4.79 Å². The minimum absolute atomic E-state index is 0.166. The van der Waals surface area contributed by atoms with Gasteiger partial charge in [0.15, 0.2) is 0 Å². The first-order chi connectivity index (χ1) is 11.2. The monoisotopic (exact) mass is 334 g/mol. The molecule has 24 heavy (non-hydrogen) atoms. The first kappa shape index (κ1) is 20.0. The largest absolute Gasteiger partial charge is 0.443 e. The average molecular weight is 334 g/mol. The molecule has 5 heteroatoms. The zero-order valence-corrected chi connectivity index (χ0v) is 15.6. The fourth-order valence-electron chi connectivity index (χ4n) is 2.05. The van der Waals surface area contributed by atoms with E-state index in [4.69, 9.17) is 4.74 Å². The van der Waals surface area contributed by atoms with Gasteiger partial charge >= 0.3 is 6.09 Å². The molecular formula is C19H30N2O3. The summed E-state index contributed by atoms with van der Waals surface area (Å²) in [5, 5.41) is 2.86. The predicted molar refractivity (Wildman–Crippen MR) is 95.6 cm³/mol. The van der Waals surface area contributed by atoms with Crippen LogP contribution in [0.2, 0.25) is 0 Å². The molecule has 0 saturated heterocycles. The van der Waals surface area contributed by atoms with Gasteiger partial charge in [-0.2, -0.15) is 0 Å². The van der Waals surface area contributed by atoms with Crippen molar-refractivity contribution in [1.82, 2.24) is 10.2 Å². The van der Waals surface area contributed by atoms with E-state index in [1.165, 1.54) is 4.90 Å². The second kappa shape index (κ2) is 8.71. The Balaban J connectivity index is 3.01. The van der Waals surface area contributed by atoms with Crippen molar-refractivity contribution in [2.75, 3.05) is 13.6 Å². The molecule has 0 aliphatic carbocycles. The van der Waals surface area contributed by atoms with Gasteiger partial charge in [0.25, 0.3) is 0 Å². The molecule has 0 spiro atoms. The summed E-state index contributed by atoms with van der Waals surface area (Å²) < 4.78 is 5.63. The summed E-state index contributed by atoms with van der Waals surface area (Å²) in [4.78, 5) is 26.5. The molecule has 5 nitrogen and oxygen atoms in total. The second-order valence-electron chi connectivity index (χ2n) is 6.84. The van der Waals surface area contributed by atoms with E-state index in [1.807, 2.05) is 65.0 Å². The maximum Gasteiger partial charge on any atom is 0.411 e. The Labute approximate surface area is 145 Å². The molecule has 2 amide bonds. The summed E-state index contributed by atoms with van der Waals surface area (Å²) in [5.41, 5.74) is 0.153. The minimum Gasteiger partial charge on any atom is -0.443 e. The zero-order valence-electron chi connectivity index (χ0n) is 15.6. The van der Waals surface area contributed by atoms with Crippen molar-refractivity contribution in [3.8, 4) is 0 Å². The summed E-state index contributed by atoms with van der Waals surface area (Å²) in [6.45, 7) is 10.3. The third kappa shape index (κ3) is 5.25. The predicted octanol–water partition coefficient (Wildman–Crippen LogP) is 3.76. The Morgan fingerprint density at radius 1 is 1.21 bits per heavy atom. The van der Waals surface area contributed by atoms with E-state index in [0.29, 0.717) is 6.54 Å². The lowest BCUT2D eigenvalue weighted by atomic mass is 9.95. The number of nitrogens with zero attached hydrogens (tertiary/aromatic N) is 1. The fourth-order valence-corrected chi connectivity index (χ4v) is 2.05. The molecule has 1 aromatic rings. The van der Waals surface area contributed by atoms with Crippen LogP contribution < -0.4 is 5.32 Å². The third-order valence-electron chi connectivity index (χ3n) is 4.33. The van der Waals surface area contributed by atoms with Gasteiger partial charge in [0.1, 0.15) is 11.6 Å². The van der Waals surface area contributed by atoms with E-state index in [1.54, 1.807) is 7.05 Å². The number of hydrogen-bond donors (Lipinski definition) is 1. The molecule has 0 saturated carbocycles. The lowest BCUT2D eigenvalue weighted by molar-refractivity contribution is -0.126. The number of likely N-dealkylation sites (N-methyl/N-ethyl adjacent to an activating group) is 1. The van der Waals surface area contributed by atoms with Crippen LogP contribution in [0.25, 0.3) is 0 Å². The summed E-state index contributed by atoms with van der Waals surface area (Å²) in [7, 11) is 1.60. The van der Waals surface area contributed by atoms with Crippen LogP contribution in [0.15, 0.2) is 30.3 Å². The highest BCUT2D eigenvalue weighted by atomic mass is 16.6. The van der Waals surface area contributed by atoms with Gasteiger partial charge in [0, 0.05) is 13.6 Å². The van der Waals surface area contributed by atoms with Crippen LogP contribution in [-0.4, -0.2) is 36.1 Å². The fraction of sp³-hybridized carbons (Fsp3) is 0.579. The van der Waals surface area contributed by atoms with Crippen molar-refractivity contribution >= 4 is 12.0 Å². The molecular weight excluding hydrogens is 304 g/mol. The van der Waals surface area contributed by atoms with Crippen molar-refractivity contribution in [2.24, 2.45) is 5.92 Å². The van der Waals surface area contributed by atoms with Gasteiger partial charge in [-0.15, -0.1) is 0 Å². The molecule has 1 N–H and O–H groups in total. The van der Waals surface area contributed by atoms with Gasteiger partial charge in [0.2, 0.25) is 5.91 Å². The van der Waals surface area contributed by atoms with E-state index in [-0.39, 0.29) is 11.8 Å². The molecule has 134 valence electrons. The second-order valence-corrected chi connectivity index (χ2v) is 6.84. The lowest BCUT2D eigenvalue weighted by Crippen LogP contribution is -2.45. The van der Waals surface area contributed by atoms with Gasteiger partial charge in [-0.3, -0.25) is 9.69 Å². The van der Waals surface area contributed by atoms with Crippen molar-refractivity contribution in [2.45, 2.75) is 52.7 Å². The summed E-state index contributed by atoms with van der Waals surface area (Å²) in [6.07, 6.45) is 0.330. The van der Waals surface area contributed by atoms with Crippen LogP contribution in [0.1, 0.15) is 52.6 Å². The first-order valence-corrected chi connectivity index (χ1v) is 8.49. The SMILES string of the molecule is CCCNC(=O)C(c1ccccc1)N(C)C(=O)OC(C)(C)C(C)C. The van der Waals surface area contributed by atoms with E-state index in [0.717, 1.165) is 12.0 Å². The Morgan fingerprint density at radius 2 is 1.79 bits per heavy atom. The smallest absolute Gasteiger partial charge is 0.411 e. The zero-order chi connectivity index (χ0) is 18.3. The number of carbonyl (C=O) groups is 2. The maximum absolute atomic E-state index is 12.6. The minimum atomic E-state index is -0.715. The molecule has 0 aliphatic heterocycles. The lowest BCUT2D eigenvalue weighted by Gasteiger charge is -2.34. The number of amides is 2. The molecule has 0 bridgehead atoms. The Kier molecular flexibility index (Phi) is 7.26. The van der Waals surface area contributed by atoms with Crippen molar-refractivity contribution in [3.05, 3.63) is 35.9 Å². The number of hydrogen-bond acceptors (Lipinski definition) is 3. The van der Waals surface area contributed by atoms with Crippen molar-refractivity contribution in [1.29, 1.82) is 0 Å². The van der Waals surface area contributed by atoms with Gasteiger partial charge < -0.3 is 10.1 Å². The number of ether oxygens (including phenoxy) is 1. The molecule has 1 rings (SSSR count). The molecule has 0 fully saturated rings. The van der Waals surface area contributed by atoms with Crippen LogP contribution >= 0.6 is 0 Å². The number of nitrogens with one attached hydrogen (secondary N) is 1. The summed E-state index contributed by atoms with van der Waals surface area (Å²) >= 11 is 0.